The van der Waals surface area contributed by atoms with Gasteiger partial charge in [0.15, 0.2) is 0 Å². The molecule has 0 unspecified atom stereocenters. The van der Waals surface area contributed by atoms with Gasteiger partial charge in [0, 0.05) is 6.42 Å². The van der Waals surface area contributed by atoms with Gasteiger partial charge in [-0.25, -0.2) is 13.1 Å². The summed E-state index contributed by atoms with van der Waals surface area (Å²) in [7, 11) is -2.27. The van der Waals surface area contributed by atoms with Crippen molar-refractivity contribution >= 4 is 15.9 Å². The normalized spacial score (nSPS) is 10.9. The van der Waals surface area contributed by atoms with Crippen molar-refractivity contribution in [3.8, 4) is 5.75 Å². The second kappa shape index (κ2) is 5.67. The Kier molecular flexibility index (Phi) is 4.51. The van der Waals surface area contributed by atoms with Crippen molar-refractivity contribution in [2.24, 2.45) is 0 Å². The monoisotopic (exact) mass is 257 g/mol. The SMILES string of the molecule is CCCC(=O)NS(=O)(=O)c1ccc(OC)cc1. The number of carbonyl (C=O) groups is 1. The van der Waals surface area contributed by atoms with Crippen molar-refractivity contribution in [3.05, 3.63) is 24.3 Å². The van der Waals surface area contributed by atoms with Crippen molar-refractivity contribution in [2.75, 3.05) is 7.11 Å². The summed E-state index contributed by atoms with van der Waals surface area (Å²) in [5, 5.41) is 0. The van der Waals surface area contributed by atoms with Crippen LogP contribution in [-0.2, 0) is 14.8 Å². The molecule has 0 radical (unpaired) electrons. The standard InChI is InChI=1S/C11H15NO4S/c1-3-4-11(13)12-17(14,15)10-7-5-9(16-2)6-8-10/h5-8H,3-4H2,1-2H3,(H,12,13). The molecule has 0 fully saturated rings. The molecule has 94 valence electrons. The van der Waals surface area contributed by atoms with Gasteiger partial charge in [0.1, 0.15) is 5.75 Å². The Bertz CT molecular complexity index is 479. The Morgan fingerprint density at radius 2 is 1.88 bits per heavy atom. The van der Waals surface area contributed by atoms with Gasteiger partial charge in [0.05, 0.1) is 12.0 Å². The summed E-state index contributed by atoms with van der Waals surface area (Å²) in [6.07, 6.45) is 0.791. The van der Waals surface area contributed by atoms with Gasteiger partial charge < -0.3 is 4.74 Å². The fourth-order valence-electron chi connectivity index (χ4n) is 1.24. The number of amides is 1. The number of hydrogen-bond acceptors (Lipinski definition) is 4. The quantitative estimate of drug-likeness (QED) is 0.863. The van der Waals surface area contributed by atoms with Crippen LogP contribution in [0.4, 0.5) is 0 Å². The van der Waals surface area contributed by atoms with E-state index in [2.05, 4.69) is 0 Å². The van der Waals surface area contributed by atoms with Crippen molar-refractivity contribution in [1.29, 1.82) is 0 Å². The molecule has 1 aromatic rings. The predicted molar refractivity (Wildman–Crippen MR) is 63.2 cm³/mol. The van der Waals surface area contributed by atoms with Crippen LogP contribution >= 0.6 is 0 Å². The lowest BCUT2D eigenvalue weighted by Crippen LogP contribution is -2.30. The average molecular weight is 257 g/mol. The highest BCUT2D eigenvalue weighted by molar-refractivity contribution is 7.90. The molecule has 0 heterocycles. The van der Waals surface area contributed by atoms with Gasteiger partial charge in [0.25, 0.3) is 10.0 Å². The molecule has 0 atom stereocenters. The van der Waals surface area contributed by atoms with Crippen LogP contribution in [0.25, 0.3) is 0 Å². The molecule has 1 rings (SSSR count). The number of ether oxygens (including phenoxy) is 1. The molecule has 0 aliphatic carbocycles. The van der Waals surface area contributed by atoms with E-state index in [-0.39, 0.29) is 11.3 Å². The molecule has 0 aliphatic rings. The Labute approximate surface area is 101 Å². The minimum absolute atomic E-state index is 0.0442. The number of carbonyl (C=O) groups excluding carboxylic acids is 1. The zero-order valence-corrected chi connectivity index (χ0v) is 10.6. The fourth-order valence-corrected chi connectivity index (χ4v) is 2.26. The maximum Gasteiger partial charge on any atom is 0.264 e. The summed E-state index contributed by atoms with van der Waals surface area (Å²) in [5.74, 6) is 0.0622. The molecular weight excluding hydrogens is 242 g/mol. The third-order valence-corrected chi connectivity index (χ3v) is 3.48. The lowest BCUT2D eigenvalue weighted by Gasteiger charge is -2.06. The van der Waals surface area contributed by atoms with Crippen LogP contribution in [-0.4, -0.2) is 21.4 Å². The van der Waals surface area contributed by atoms with E-state index in [0.29, 0.717) is 12.2 Å². The van der Waals surface area contributed by atoms with Crippen LogP contribution < -0.4 is 9.46 Å². The molecule has 0 saturated carbocycles. The van der Waals surface area contributed by atoms with Gasteiger partial charge in [-0.2, -0.15) is 0 Å². The van der Waals surface area contributed by atoms with Crippen molar-refractivity contribution in [2.45, 2.75) is 24.7 Å². The maximum absolute atomic E-state index is 11.7. The third kappa shape index (κ3) is 3.74. The molecule has 0 spiro atoms. The summed E-state index contributed by atoms with van der Waals surface area (Å²) in [6, 6.07) is 5.83. The second-order valence-corrected chi connectivity index (χ2v) is 5.14. The summed E-state index contributed by atoms with van der Waals surface area (Å²) < 4.78 is 30.4. The number of methoxy groups -OCH3 is 1. The Hall–Kier alpha value is -1.56. The Balaban J connectivity index is 2.85. The van der Waals surface area contributed by atoms with Crippen LogP contribution in [0.2, 0.25) is 0 Å². The first kappa shape index (κ1) is 13.5. The van der Waals surface area contributed by atoms with Gasteiger partial charge in [-0.1, -0.05) is 6.92 Å². The van der Waals surface area contributed by atoms with E-state index in [1.54, 1.807) is 6.92 Å². The molecule has 6 heteroatoms. The first-order chi connectivity index (χ1) is 7.99. The van der Waals surface area contributed by atoms with Gasteiger partial charge >= 0.3 is 0 Å². The van der Waals surface area contributed by atoms with Gasteiger partial charge in [0.2, 0.25) is 5.91 Å². The van der Waals surface area contributed by atoms with E-state index < -0.39 is 15.9 Å². The molecule has 1 aromatic carbocycles. The molecule has 5 nitrogen and oxygen atoms in total. The number of nitrogens with one attached hydrogen (secondary N) is 1. The zero-order valence-electron chi connectivity index (χ0n) is 9.76. The lowest BCUT2D eigenvalue weighted by molar-refractivity contribution is -0.119. The summed E-state index contributed by atoms with van der Waals surface area (Å²) in [4.78, 5) is 11.3. The van der Waals surface area contributed by atoms with Crippen LogP contribution in [0.1, 0.15) is 19.8 Å². The molecule has 0 bridgehead atoms. The Morgan fingerprint density at radius 3 is 2.35 bits per heavy atom. The van der Waals surface area contributed by atoms with Crippen molar-refractivity contribution in [1.82, 2.24) is 4.72 Å². The van der Waals surface area contributed by atoms with Gasteiger partial charge in [-0.3, -0.25) is 4.79 Å². The van der Waals surface area contributed by atoms with E-state index >= 15 is 0 Å². The smallest absolute Gasteiger partial charge is 0.264 e. The minimum atomic E-state index is -3.76. The number of rotatable bonds is 5. The highest BCUT2D eigenvalue weighted by atomic mass is 32.2. The van der Waals surface area contributed by atoms with Gasteiger partial charge in [-0.05, 0) is 30.7 Å². The van der Waals surface area contributed by atoms with Crippen molar-refractivity contribution in [3.63, 3.8) is 0 Å². The summed E-state index contributed by atoms with van der Waals surface area (Å²) >= 11 is 0. The molecular formula is C11H15NO4S. The molecule has 0 saturated heterocycles. The largest absolute Gasteiger partial charge is 0.497 e. The Morgan fingerprint density at radius 1 is 1.29 bits per heavy atom. The first-order valence-corrected chi connectivity index (χ1v) is 6.67. The number of sulfonamides is 1. The predicted octanol–water partition coefficient (Wildman–Crippen LogP) is 1.30. The van der Waals surface area contributed by atoms with Crippen LogP contribution in [0.5, 0.6) is 5.75 Å². The van der Waals surface area contributed by atoms with E-state index in [1.165, 1.54) is 31.4 Å². The van der Waals surface area contributed by atoms with E-state index in [4.69, 9.17) is 4.74 Å². The van der Waals surface area contributed by atoms with Crippen LogP contribution in [0.15, 0.2) is 29.2 Å². The van der Waals surface area contributed by atoms with E-state index in [1.807, 2.05) is 4.72 Å². The van der Waals surface area contributed by atoms with Gasteiger partial charge in [-0.15, -0.1) is 0 Å². The third-order valence-electron chi connectivity index (χ3n) is 2.09. The molecule has 1 N–H and O–H groups in total. The van der Waals surface area contributed by atoms with E-state index in [9.17, 15) is 13.2 Å². The van der Waals surface area contributed by atoms with Crippen molar-refractivity contribution < 1.29 is 17.9 Å². The maximum atomic E-state index is 11.7. The fraction of sp³-hybridized carbons (Fsp3) is 0.364. The number of benzene rings is 1. The average Bonchev–Trinajstić information content (AvgIpc) is 2.28. The summed E-state index contributed by atoms with van der Waals surface area (Å²) in [5.41, 5.74) is 0. The van der Waals surface area contributed by atoms with Crippen LogP contribution in [0.3, 0.4) is 0 Å². The highest BCUT2D eigenvalue weighted by Crippen LogP contribution is 2.15. The molecule has 1 amide bonds. The zero-order chi connectivity index (χ0) is 12.9. The second-order valence-electron chi connectivity index (χ2n) is 3.45. The minimum Gasteiger partial charge on any atom is -0.497 e. The summed E-state index contributed by atoms with van der Waals surface area (Å²) in [6.45, 7) is 1.81. The highest BCUT2D eigenvalue weighted by Gasteiger charge is 2.16. The number of hydrogen-bond donors (Lipinski definition) is 1. The molecule has 0 aromatic heterocycles. The molecule has 17 heavy (non-hydrogen) atoms. The van der Waals surface area contributed by atoms with E-state index in [0.717, 1.165) is 0 Å². The lowest BCUT2D eigenvalue weighted by atomic mass is 10.3. The molecule has 0 aliphatic heterocycles. The first-order valence-electron chi connectivity index (χ1n) is 5.19. The van der Waals surface area contributed by atoms with Crippen LogP contribution in [0, 0.1) is 0 Å². The topological polar surface area (TPSA) is 72.5 Å².